The summed E-state index contributed by atoms with van der Waals surface area (Å²) in [5, 5.41) is 3.55. The summed E-state index contributed by atoms with van der Waals surface area (Å²) in [6, 6.07) is 12.6. The molecule has 2 aliphatic heterocycles. The monoisotopic (exact) mass is 433 g/mol. The lowest BCUT2D eigenvalue weighted by atomic mass is 9.79. The molecule has 162 valence electrons. The Labute approximate surface area is 189 Å². The van der Waals surface area contributed by atoms with Crippen molar-refractivity contribution in [3.63, 3.8) is 0 Å². The number of amides is 1. The molecule has 0 aliphatic carbocycles. The van der Waals surface area contributed by atoms with Crippen LogP contribution in [0.15, 0.2) is 46.3 Å². The van der Waals surface area contributed by atoms with Crippen molar-refractivity contribution in [1.82, 2.24) is 5.32 Å². The number of aryl methyl sites for hydroxylation is 1. The summed E-state index contributed by atoms with van der Waals surface area (Å²) in [7, 11) is 0. The molecule has 1 amide bonds. The molecule has 31 heavy (non-hydrogen) atoms. The first-order chi connectivity index (χ1) is 14.7. The van der Waals surface area contributed by atoms with E-state index in [0.717, 1.165) is 29.8 Å². The summed E-state index contributed by atoms with van der Waals surface area (Å²) in [6.45, 7) is 14.3. The van der Waals surface area contributed by atoms with Gasteiger partial charge in [-0.05, 0) is 105 Å². The third kappa shape index (κ3) is 4.16. The topological polar surface area (TPSA) is 44.7 Å². The summed E-state index contributed by atoms with van der Waals surface area (Å²) < 4.78 is 0. The number of fused-ring (bicyclic) bond motifs is 1. The van der Waals surface area contributed by atoms with Crippen molar-refractivity contribution in [2.75, 3.05) is 11.4 Å². The van der Waals surface area contributed by atoms with Crippen molar-refractivity contribution in [3.8, 4) is 0 Å². The van der Waals surface area contributed by atoms with Gasteiger partial charge in [0.1, 0.15) is 0 Å². The molecule has 1 saturated heterocycles. The van der Waals surface area contributed by atoms with Gasteiger partial charge in [-0.3, -0.25) is 4.79 Å². The van der Waals surface area contributed by atoms with E-state index in [4.69, 9.17) is 0 Å². The first kappa shape index (κ1) is 21.7. The zero-order chi connectivity index (χ0) is 22.3. The third-order valence-electron chi connectivity index (χ3n) is 6.47. The van der Waals surface area contributed by atoms with Crippen molar-refractivity contribution < 1.29 is 4.79 Å². The molecule has 0 spiro atoms. The maximum atomic E-state index is 12.6. The van der Waals surface area contributed by atoms with E-state index < -0.39 is 0 Å². The van der Waals surface area contributed by atoms with Gasteiger partial charge in [0, 0.05) is 17.8 Å². The van der Waals surface area contributed by atoms with Crippen LogP contribution >= 0.6 is 11.8 Å². The van der Waals surface area contributed by atoms with Gasteiger partial charge in [-0.2, -0.15) is 0 Å². The number of hydrogen-bond acceptors (Lipinski definition) is 4. The molecule has 1 N–H and O–H groups in total. The third-order valence-corrected chi connectivity index (χ3v) is 7.38. The quantitative estimate of drug-likeness (QED) is 0.577. The number of hydrogen-bond donors (Lipinski definition) is 1. The average Bonchev–Trinajstić information content (AvgIpc) is 3.04. The van der Waals surface area contributed by atoms with Crippen LogP contribution in [0.5, 0.6) is 0 Å². The van der Waals surface area contributed by atoms with E-state index in [2.05, 4.69) is 81.0 Å². The minimum atomic E-state index is -0.0869. The molecule has 2 aromatic rings. The van der Waals surface area contributed by atoms with Gasteiger partial charge in [-0.15, -0.1) is 0 Å². The number of carbonyl (C=O) groups is 1. The molecule has 4 nitrogen and oxygen atoms in total. The van der Waals surface area contributed by atoms with Crippen LogP contribution in [0, 0.1) is 13.8 Å². The van der Waals surface area contributed by atoms with Gasteiger partial charge in [0.2, 0.25) is 0 Å². The highest BCUT2D eigenvalue weighted by Gasteiger charge is 2.35. The largest absolute Gasteiger partial charge is 0.366 e. The van der Waals surface area contributed by atoms with Crippen LogP contribution < -0.4 is 10.2 Å². The van der Waals surface area contributed by atoms with Crippen LogP contribution in [0.2, 0.25) is 0 Å². The average molecular weight is 434 g/mol. The molecule has 0 radical (unpaired) electrons. The fourth-order valence-electron chi connectivity index (χ4n) is 4.80. The summed E-state index contributed by atoms with van der Waals surface area (Å²) >= 11 is 1.41. The van der Waals surface area contributed by atoms with Crippen LogP contribution in [-0.2, 0) is 4.79 Å². The molecular formula is C26H31N3OS. The van der Waals surface area contributed by atoms with Gasteiger partial charge in [-0.25, -0.2) is 4.99 Å². The standard InChI is InChI=1S/C26H31N3OS/c1-7-29-22-12-11-19(13-20(22)17(3)15-26(29,5)6)14-23-24(30)28-25(31-23)27-21-10-8-9-16(2)18(21)4/h8-14,17H,7,15H2,1-6H3,(H,27,28,30)/b23-14-/t17-/m0/s1. The molecule has 5 heteroatoms. The zero-order valence-electron chi connectivity index (χ0n) is 19.2. The van der Waals surface area contributed by atoms with Gasteiger partial charge in [0.05, 0.1) is 10.6 Å². The number of thioether (sulfide) groups is 1. The molecule has 0 bridgehead atoms. The van der Waals surface area contributed by atoms with Gasteiger partial charge < -0.3 is 10.2 Å². The molecule has 2 aliphatic rings. The number of amidine groups is 1. The van der Waals surface area contributed by atoms with Crippen molar-refractivity contribution in [2.45, 2.75) is 59.4 Å². The van der Waals surface area contributed by atoms with Crippen molar-refractivity contribution in [1.29, 1.82) is 0 Å². The van der Waals surface area contributed by atoms with Crippen LogP contribution in [-0.4, -0.2) is 23.2 Å². The molecule has 4 rings (SSSR count). The lowest BCUT2D eigenvalue weighted by Gasteiger charge is -2.47. The first-order valence-corrected chi connectivity index (χ1v) is 11.8. The highest BCUT2D eigenvalue weighted by Crippen LogP contribution is 2.43. The highest BCUT2D eigenvalue weighted by atomic mass is 32.2. The lowest BCUT2D eigenvalue weighted by molar-refractivity contribution is -0.115. The number of nitrogens with one attached hydrogen (secondary N) is 1. The van der Waals surface area contributed by atoms with Crippen LogP contribution in [0.1, 0.15) is 62.3 Å². The molecule has 1 atom stereocenters. The van der Waals surface area contributed by atoms with E-state index in [1.807, 2.05) is 18.2 Å². The van der Waals surface area contributed by atoms with Gasteiger partial charge >= 0.3 is 0 Å². The normalized spacial score (nSPS) is 22.7. The van der Waals surface area contributed by atoms with Crippen LogP contribution in [0.4, 0.5) is 11.4 Å². The van der Waals surface area contributed by atoms with E-state index in [-0.39, 0.29) is 11.4 Å². The fraction of sp³-hybridized carbons (Fsp3) is 0.385. The summed E-state index contributed by atoms with van der Waals surface area (Å²) in [6.07, 6.45) is 3.10. The van der Waals surface area contributed by atoms with Gasteiger partial charge in [0.15, 0.2) is 5.17 Å². The van der Waals surface area contributed by atoms with Crippen LogP contribution in [0.3, 0.4) is 0 Å². The fourth-order valence-corrected chi connectivity index (χ4v) is 5.63. The number of benzene rings is 2. The Hall–Kier alpha value is -2.53. The Kier molecular flexibility index (Phi) is 5.73. The summed E-state index contributed by atoms with van der Waals surface area (Å²) in [5.74, 6) is 0.397. The number of anilines is 1. The highest BCUT2D eigenvalue weighted by molar-refractivity contribution is 8.18. The Morgan fingerprint density at radius 3 is 2.77 bits per heavy atom. The Morgan fingerprint density at radius 2 is 2.03 bits per heavy atom. The Bertz CT molecular complexity index is 1100. The number of rotatable bonds is 3. The zero-order valence-corrected chi connectivity index (χ0v) is 20.1. The van der Waals surface area contributed by atoms with E-state index in [1.165, 1.54) is 28.6 Å². The molecular weight excluding hydrogens is 402 g/mol. The molecule has 0 aromatic heterocycles. The first-order valence-electron chi connectivity index (χ1n) is 11.0. The lowest BCUT2D eigenvalue weighted by Crippen LogP contribution is -2.48. The van der Waals surface area contributed by atoms with Gasteiger partial charge in [0.25, 0.3) is 5.91 Å². The molecule has 0 saturated carbocycles. The van der Waals surface area contributed by atoms with E-state index >= 15 is 0 Å². The SMILES string of the molecule is CCN1c2ccc(/C=C3\SC(=Nc4cccc(C)c4C)NC3=O)cc2[C@@H](C)CC1(C)C. The maximum absolute atomic E-state index is 12.6. The molecule has 2 aromatic carbocycles. The minimum absolute atomic E-state index is 0.0869. The van der Waals surface area contributed by atoms with E-state index in [9.17, 15) is 4.79 Å². The number of aliphatic imine (C=N–C) groups is 1. The Balaban J connectivity index is 1.62. The Morgan fingerprint density at radius 1 is 1.26 bits per heavy atom. The second-order valence-corrected chi connectivity index (χ2v) is 10.2. The van der Waals surface area contributed by atoms with E-state index in [1.54, 1.807) is 0 Å². The molecule has 2 heterocycles. The minimum Gasteiger partial charge on any atom is -0.366 e. The maximum Gasteiger partial charge on any atom is 0.264 e. The summed E-state index contributed by atoms with van der Waals surface area (Å²) in [5.41, 5.74) is 7.12. The van der Waals surface area contributed by atoms with Crippen molar-refractivity contribution >= 4 is 40.3 Å². The second-order valence-electron chi connectivity index (χ2n) is 9.18. The number of nitrogens with zero attached hydrogens (tertiary/aromatic N) is 2. The molecule has 1 fully saturated rings. The van der Waals surface area contributed by atoms with Crippen LogP contribution in [0.25, 0.3) is 6.08 Å². The van der Waals surface area contributed by atoms with E-state index in [0.29, 0.717) is 16.0 Å². The molecule has 0 unspecified atom stereocenters. The van der Waals surface area contributed by atoms with Crippen molar-refractivity contribution in [2.24, 2.45) is 4.99 Å². The van der Waals surface area contributed by atoms with Gasteiger partial charge in [-0.1, -0.05) is 25.1 Å². The number of carbonyl (C=O) groups excluding carboxylic acids is 1. The predicted molar refractivity (Wildman–Crippen MR) is 133 cm³/mol. The second kappa shape index (κ2) is 8.19. The summed E-state index contributed by atoms with van der Waals surface area (Å²) in [4.78, 5) is 20.4. The van der Waals surface area contributed by atoms with Crippen molar-refractivity contribution in [3.05, 3.63) is 63.6 Å². The predicted octanol–water partition coefficient (Wildman–Crippen LogP) is 6.31. The smallest absolute Gasteiger partial charge is 0.264 e.